The minimum atomic E-state index is -2.50. The lowest BCUT2D eigenvalue weighted by atomic mass is 9.88. The average Bonchev–Trinajstić information content (AvgIpc) is 2.93. The molecule has 0 spiro atoms. The minimum absolute atomic E-state index is 0.0921. The number of aliphatic carboxylic acids is 1. The van der Waals surface area contributed by atoms with Gasteiger partial charge in [0.25, 0.3) is 11.7 Å². The van der Waals surface area contributed by atoms with Crippen LogP contribution in [-0.2, 0) is 28.5 Å². The van der Waals surface area contributed by atoms with Crippen molar-refractivity contribution in [3.05, 3.63) is 34.9 Å². The van der Waals surface area contributed by atoms with Crippen molar-refractivity contribution >= 4 is 29.4 Å². The molecule has 1 saturated heterocycles. The summed E-state index contributed by atoms with van der Waals surface area (Å²) >= 11 is 5.80. The van der Waals surface area contributed by atoms with Gasteiger partial charge in [0.1, 0.15) is 25.4 Å². The Morgan fingerprint density at radius 1 is 1.15 bits per heavy atom. The Morgan fingerprint density at radius 3 is 2.42 bits per heavy atom. The number of amides is 2. The highest BCUT2D eigenvalue weighted by Crippen LogP contribution is 2.33. The number of ether oxygens (including phenoxy) is 4. The van der Waals surface area contributed by atoms with Crippen LogP contribution in [0.25, 0.3) is 0 Å². The lowest BCUT2D eigenvalue weighted by Gasteiger charge is -2.46. The second-order valence-electron chi connectivity index (χ2n) is 8.66. The first-order valence-corrected chi connectivity index (χ1v) is 12.5. The minimum Gasteiger partial charge on any atom is -0.477 e. The van der Waals surface area contributed by atoms with Gasteiger partial charge in [0, 0.05) is 23.6 Å². The van der Waals surface area contributed by atoms with Crippen molar-refractivity contribution in [2.45, 2.75) is 42.7 Å². The Balaban J connectivity index is 2.11. The highest BCUT2D eigenvalue weighted by Gasteiger charge is 2.55. The third-order valence-corrected chi connectivity index (χ3v) is 6.05. The molecule has 0 bridgehead atoms. The summed E-state index contributed by atoms with van der Waals surface area (Å²) in [5, 5.41) is 56.3. The van der Waals surface area contributed by atoms with Crippen molar-refractivity contribution in [1.82, 2.24) is 10.6 Å². The highest BCUT2D eigenvalue weighted by molar-refractivity contribution is 6.30. The van der Waals surface area contributed by atoms with E-state index in [1.807, 2.05) is 0 Å². The molecule has 1 aliphatic rings. The van der Waals surface area contributed by atoms with Crippen LogP contribution in [0.3, 0.4) is 0 Å². The number of carboxylic acid groups (broad SMARTS) is 1. The highest BCUT2D eigenvalue weighted by atomic mass is 35.5. The molecule has 0 aliphatic carbocycles. The SMILES string of the molecule is C#CCOCCOCCO[C@]1(C(=O)O)C[C@H](O)[C@@H](NC(=O)CO)[C@H]([C@H](O)[C@H](O)CNC(=O)c2ccc(Cl)cc2)O1. The third-order valence-electron chi connectivity index (χ3n) is 5.80. The van der Waals surface area contributed by atoms with E-state index in [1.54, 1.807) is 0 Å². The van der Waals surface area contributed by atoms with Crippen molar-refractivity contribution in [3.63, 3.8) is 0 Å². The Bertz CT molecular complexity index is 1020. The number of carboxylic acids is 1. The largest absolute Gasteiger partial charge is 0.477 e. The predicted molar refractivity (Wildman–Crippen MR) is 137 cm³/mol. The number of aliphatic hydroxyl groups excluding tert-OH is 4. The summed E-state index contributed by atoms with van der Waals surface area (Å²) in [5.74, 6) is -3.43. The van der Waals surface area contributed by atoms with Crippen LogP contribution in [0.1, 0.15) is 16.8 Å². The van der Waals surface area contributed by atoms with Crippen molar-refractivity contribution in [3.8, 4) is 12.3 Å². The Hall–Kier alpha value is -2.84. The maximum Gasteiger partial charge on any atom is 0.364 e. The summed E-state index contributed by atoms with van der Waals surface area (Å²) in [4.78, 5) is 36.4. The monoisotopic (exact) mass is 588 g/mol. The fraction of sp³-hybridized carbons (Fsp3) is 0.560. The first kappa shape index (κ1) is 33.4. The molecule has 0 unspecified atom stereocenters. The zero-order valence-corrected chi connectivity index (χ0v) is 22.2. The topological polar surface area (TPSA) is 213 Å². The van der Waals surface area contributed by atoms with Gasteiger partial charge in [-0.2, -0.15) is 0 Å². The van der Waals surface area contributed by atoms with Gasteiger partial charge in [0.2, 0.25) is 5.91 Å². The molecule has 1 fully saturated rings. The molecular weight excluding hydrogens is 556 g/mol. The Kier molecular flexibility index (Phi) is 13.7. The van der Waals surface area contributed by atoms with E-state index in [4.69, 9.17) is 42.1 Å². The van der Waals surface area contributed by atoms with Gasteiger partial charge >= 0.3 is 5.97 Å². The first-order chi connectivity index (χ1) is 19.0. The van der Waals surface area contributed by atoms with Gasteiger partial charge in [-0.3, -0.25) is 9.59 Å². The lowest BCUT2D eigenvalue weighted by molar-refractivity contribution is -0.312. The maximum absolute atomic E-state index is 12.4. The number of terminal acetylenes is 1. The standard InChI is InChI=1S/C25H33ClN2O12/c1-2-7-37-8-9-38-10-11-39-25(24(35)36)12-17(30)20(28-19(32)14-29)22(40-25)21(33)18(31)13-27-23(34)15-3-5-16(26)6-4-15/h1,3-6,17-18,20-22,29-31,33H,7-14H2,(H,27,34)(H,28,32)(H,35,36)/t17-,18+,20+,21+,22+,25+/m0/s1. The molecule has 6 atom stereocenters. The summed E-state index contributed by atoms with van der Waals surface area (Å²) in [6.07, 6.45) is -2.73. The molecule has 1 aromatic rings. The molecule has 1 aliphatic heterocycles. The fourth-order valence-electron chi connectivity index (χ4n) is 3.80. The average molecular weight is 589 g/mol. The number of halogens is 1. The predicted octanol–water partition coefficient (Wildman–Crippen LogP) is -2.12. The molecule has 15 heteroatoms. The number of benzene rings is 1. The van der Waals surface area contributed by atoms with Gasteiger partial charge in [-0.15, -0.1) is 6.42 Å². The molecule has 0 radical (unpaired) electrons. The van der Waals surface area contributed by atoms with Gasteiger partial charge in [-0.05, 0) is 24.3 Å². The van der Waals surface area contributed by atoms with E-state index in [9.17, 15) is 34.8 Å². The Labute approximate surface area is 235 Å². The molecule has 7 N–H and O–H groups in total. The number of hydrogen-bond acceptors (Lipinski definition) is 11. The third kappa shape index (κ3) is 9.66. The van der Waals surface area contributed by atoms with Crippen LogP contribution in [0, 0.1) is 12.3 Å². The van der Waals surface area contributed by atoms with Crippen molar-refractivity contribution < 1.29 is 58.9 Å². The normalized spacial score (nSPS) is 23.9. The molecular formula is C25H33ClN2O12. The van der Waals surface area contributed by atoms with E-state index in [0.717, 1.165) is 0 Å². The quantitative estimate of drug-likeness (QED) is 0.0815. The summed E-state index contributed by atoms with van der Waals surface area (Å²) in [5.41, 5.74) is 0.214. The molecule has 14 nitrogen and oxygen atoms in total. The second-order valence-corrected chi connectivity index (χ2v) is 9.09. The van der Waals surface area contributed by atoms with E-state index in [-0.39, 0.29) is 38.6 Å². The number of rotatable bonds is 16. The van der Waals surface area contributed by atoms with Gasteiger partial charge in [0.05, 0.1) is 44.7 Å². The van der Waals surface area contributed by atoms with Crippen LogP contribution in [-0.4, -0.2) is 126 Å². The van der Waals surface area contributed by atoms with Crippen LogP contribution in [0.4, 0.5) is 0 Å². The van der Waals surface area contributed by atoms with Crippen LogP contribution >= 0.6 is 11.6 Å². The van der Waals surface area contributed by atoms with E-state index >= 15 is 0 Å². The zero-order chi connectivity index (χ0) is 29.7. The van der Waals surface area contributed by atoms with Gasteiger partial charge in [-0.1, -0.05) is 17.5 Å². The van der Waals surface area contributed by atoms with Gasteiger partial charge < -0.3 is 55.1 Å². The van der Waals surface area contributed by atoms with Crippen molar-refractivity contribution in [2.75, 3.05) is 46.2 Å². The number of carbonyl (C=O) groups excluding carboxylic acids is 2. The number of carbonyl (C=O) groups is 3. The van der Waals surface area contributed by atoms with Crippen LogP contribution in [0.5, 0.6) is 0 Å². The van der Waals surface area contributed by atoms with E-state index in [0.29, 0.717) is 5.02 Å². The molecule has 1 aromatic carbocycles. The smallest absolute Gasteiger partial charge is 0.364 e. The fourth-order valence-corrected chi connectivity index (χ4v) is 3.93. The molecule has 222 valence electrons. The molecule has 2 rings (SSSR count). The summed E-state index contributed by atoms with van der Waals surface area (Å²) in [6, 6.07) is 4.38. The second kappa shape index (κ2) is 16.4. The molecule has 0 aromatic heterocycles. The van der Waals surface area contributed by atoms with Gasteiger partial charge in [-0.25, -0.2) is 4.79 Å². The lowest BCUT2D eigenvalue weighted by Crippen LogP contribution is -2.68. The van der Waals surface area contributed by atoms with Crippen molar-refractivity contribution in [2.24, 2.45) is 0 Å². The van der Waals surface area contributed by atoms with Crippen LogP contribution in [0.2, 0.25) is 5.02 Å². The molecule has 40 heavy (non-hydrogen) atoms. The molecule has 2 amide bonds. The summed E-state index contributed by atoms with van der Waals surface area (Å²) in [6.45, 7) is -1.47. The number of hydrogen-bond donors (Lipinski definition) is 7. The van der Waals surface area contributed by atoms with E-state index in [1.165, 1.54) is 24.3 Å². The Morgan fingerprint density at radius 2 is 1.80 bits per heavy atom. The van der Waals surface area contributed by atoms with Crippen LogP contribution < -0.4 is 10.6 Å². The van der Waals surface area contributed by atoms with Crippen molar-refractivity contribution in [1.29, 1.82) is 0 Å². The molecule has 0 saturated carbocycles. The molecule has 1 heterocycles. The zero-order valence-electron chi connectivity index (χ0n) is 21.4. The van der Waals surface area contributed by atoms with E-state index < -0.39 is 73.6 Å². The van der Waals surface area contributed by atoms with Gasteiger partial charge in [0.15, 0.2) is 0 Å². The van der Waals surface area contributed by atoms with E-state index in [2.05, 4.69) is 16.6 Å². The van der Waals surface area contributed by atoms with Crippen LogP contribution in [0.15, 0.2) is 24.3 Å². The first-order valence-electron chi connectivity index (χ1n) is 12.2. The number of nitrogens with one attached hydrogen (secondary N) is 2. The summed E-state index contributed by atoms with van der Waals surface area (Å²) in [7, 11) is 0. The summed E-state index contributed by atoms with van der Waals surface area (Å²) < 4.78 is 21.3. The number of aliphatic hydroxyl groups is 4. The maximum atomic E-state index is 12.4.